The molecule has 0 aromatic heterocycles. The number of primary amides is 1. The smallest absolute Gasteiger partial charge is 0.254 e. The average Bonchev–Trinajstić information content (AvgIpc) is 2.45. The van der Waals surface area contributed by atoms with Gasteiger partial charge >= 0.3 is 0 Å². The van der Waals surface area contributed by atoms with Gasteiger partial charge in [0.05, 0.1) is 5.56 Å². The Hall–Kier alpha value is -1.98. The van der Waals surface area contributed by atoms with Crippen LogP contribution in [0.5, 0.6) is 0 Å². The number of nitrogens with two attached hydrogens (primary N) is 1. The topological polar surface area (TPSA) is 72.2 Å². The van der Waals surface area contributed by atoms with Gasteiger partial charge in [0.15, 0.2) is 0 Å². The van der Waals surface area contributed by atoms with Gasteiger partial charge in [0, 0.05) is 6.07 Å². The lowest BCUT2D eigenvalue weighted by molar-refractivity contribution is -0.121. The SMILES string of the molecule is NC(=O)[C@H](NC(=O)c1ccc(F)cc1F)C1CCCCC1. The van der Waals surface area contributed by atoms with E-state index in [4.69, 9.17) is 5.73 Å². The van der Waals surface area contributed by atoms with Crippen LogP contribution in [0, 0.1) is 17.6 Å². The van der Waals surface area contributed by atoms with Crippen LogP contribution in [0.4, 0.5) is 8.78 Å². The highest BCUT2D eigenvalue weighted by molar-refractivity contribution is 5.97. The van der Waals surface area contributed by atoms with Crippen molar-refractivity contribution in [3.8, 4) is 0 Å². The fraction of sp³-hybridized carbons (Fsp3) is 0.467. The Labute approximate surface area is 121 Å². The van der Waals surface area contributed by atoms with Gasteiger partial charge in [-0.25, -0.2) is 8.78 Å². The molecule has 0 spiro atoms. The first-order valence-corrected chi connectivity index (χ1v) is 7.04. The van der Waals surface area contributed by atoms with Crippen LogP contribution in [0.3, 0.4) is 0 Å². The van der Waals surface area contributed by atoms with Gasteiger partial charge in [-0.05, 0) is 30.9 Å². The molecular formula is C15H18F2N2O2. The predicted molar refractivity (Wildman–Crippen MR) is 73.4 cm³/mol. The van der Waals surface area contributed by atoms with Crippen molar-refractivity contribution in [1.82, 2.24) is 5.32 Å². The second kappa shape index (κ2) is 6.65. The van der Waals surface area contributed by atoms with Crippen molar-refractivity contribution >= 4 is 11.8 Å². The summed E-state index contributed by atoms with van der Waals surface area (Å²) < 4.78 is 26.4. The minimum absolute atomic E-state index is 0.0243. The summed E-state index contributed by atoms with van der Waals surface area (Å²) in [6, 6.07) is 1.87. The van der Waals surface area contributed by atoms with Gasteiger partial charge < -0.3 is 11.1 Å². The number of halogens is 2. The minimum atomic E-state index is -0.959. The number of carbonyl (C=O) groups is 2. The first kappa shape index (κ1) is 15.4. The maximum Gasteiger partial charge on any atom is 0.254 e. The van der Waals surface area contributed by atoms with Crippen molar-refractivity contribution in [1.29, 1.82) is 0 Å². The van der Waals surface area contributed by atoms with Crippen molar-refractivity contribution in [2.75, 3.05) is 0 Å². The Morgan fingerprint density at radius 3 is 2.43 bits per heavy atom. The van der Waals surface area contributed by atoms with Crippen molar-refractivity contribution in [3.63, 3.8) is 0 Å². The van der Waals surface area contributed by atoms with Gasteiger partial charge in [0.25, 0.3) is 5.91 Å². The molecule has 1 aromatic rings. The van der Waals surface area contributed by atoms with Crippen LogP contribution in [0.2, 0.25) is 0 Å². The van der Waals surface area contributed by atoms with E-state index in [1.54, 1.807) is 0 Å². The Morgan fingerprint density at radius 2 is 1.86 bits per heavy atom. The zero-order chi connectivity index (χ0) is 15.4. The molecule has 21 heavy (non-hydrogen) atoms. The molecule has 1 atom stereocenters. The van der Waals surface area contributed by atoms with Crippen molar-refractivity contribution in [2.45, 2.75) is 38.1 Å². The van der Waals surface area contributed by atoms with E-state index in [2.05, 4.69) is 5.32 Å². The van der Waals surface area contributed by atoms with E-state index in [9.17, 15) is 18.4 Å². The molecule has 2 rings (SSSR count). The molecule has 114 valence electrons. The van der Waals surface area contributed by atoms with Gasteiger partial charge in [0.1, 0.15) is 17.7 Å². The van der Waals surface area contributed by atoms with E-state index in [1.807, 2.05) is 0 Å². The van der Waals surface area contributed by atoms with Crippen LogP contribution in [0.1, 0.15) is 42.5 Å². The number of nitrogens with one attached hydrogen (secondary N) is 1. The van der Waals surface area contributed by atoms with E-state index in [0.717, 1.165) is 44.2 Å². The molecule has 1 aliphatic carbocycles. The lowest BCUT2D eigenvalue weighted by atomic mass is 9.83. The molecule has 3 N–H and O–H groups in total. The fourth-order valence-corrected chi connectivity index (χ4v) is 2.78. The number of rotatable bonds is 4. The van der Waals surface area contributed by atoms with Crippen molar-refractivity contribution in [2.24, 2.45) is 11.7 Å². The van der Waals surface area contributed by atoms with Crippen LogP contribution in [-0.2, 0) is 4.79 Å². The first-order valence-electron chi connectivity index (χ1n) is 7.04. The minimum Gasteiger partial charge on any atom is -0.368 e. The van der Waals surface area contributed by atoms with Crippen molar-refractivity contribution < 1.29 is 18.4 Å². The molecule has 6 heteroatoms. The fourth-order valence-electron chi connectivity index (χ4n) is 2.78. The molecule has 0 aliphatic heterocycles. The number of hydrogen-bond acceptors (Lipinski definition) is 2. The summed E-state index contributed by atoms with van der Waals surface area (Å²) in [4.78, 5) is 23.6. The number of hydrogen-bond donors (Lipinski definition) is 2. The van der Waals surface area contributed by atoms with Crippen LogP contribution < -0.4 is 11.1 Å². The molecule has 1 fully saturated rings. The monoisotopic (exact) mass is 296 g/mol. The zero-order valence-corrected chi connectivity index (χ0v) is 11.6. The van der Waals surface area contributed by atoms with Crippen LogP contribution in [0.15, 0.2) is 18.2 Å². The number of benzene rings is 1. The van der Waals surface area contributed by atoms with E-state index < -0.39 is 29.5 Å². The summed E-state index contributed by atoms with van der Waals surface area (Å²) in [5.74, 6) is -3.12. The molecule has 0 saturated heterocycles. The lowest BCUT2D eigenvalue weighted by Crippen LogP contribution is -2.49. The lowest BCUT2D eigenvalue weighted by Gasteiger charge is -2.28. The highest BCUT2D eigenvalue weighted by Crippen LogP contribution is 2.26. The molecular weight excluding hydrogens is 278 g/mol. The number of amides is 2. The van der Waals surface area contributed by atoms with Crippen LogP contribution in [0.25, 0.3) is 0 Å². The Kier molecular flexibility index (Phi) is 4.88. The summed E-state index contributed by atoms with van der Waals surface area (Å²) in [5, 5.41) is 2.49. The quantitative estimate of drug-likeness (QED) is 0.893. The number of carbonyl (C=O) groups excluding carboxylic acids is 2. The molecule has 0 heterocycles. The third kappa shape index (κ3) is 3.77. The van der Waals surface area contributed by atoms with Crippen LogP contribution in [-0.4, -0.2) is 17.9 Å². The average molecular weight is 296 g/mol. The van der Waals surface area contributed by atoms with Crippen molar-refractivity contribution in [3.05, 3.63) is 35.4 Å². The van der Waals surface area contributed by atoms with E-state index in [0.29, 0.717) is 6.07 Å². The maximum atomic E-state index is 13.6. The summed E-state index contributed by atoms with van der Waals surface area (Å²) in [5.41, 5.74) is 5.06. The highest BCUT2D eigenvalue weighted by Gasteiger charge is 2.30. The van der Waals surface area contributed by atoms with Gasteiger partial charge in [0.2, 0.25) is 5.91 Å². The first-order chi connectivity index (χ1) is 9.99. The molecule has 2 amide bonds. The largest absolute Gasteiger partial charge is 0.368 e. The van der Waals surface area contributed by atoms with E-state index in [1.165, 1.54) is 0 Å². The van der Waals surface area contributed by atoms with Gasteiger partial charge in [-0.1, -0.05) is 19.3 Å². The molecule has 0 bridgehead atoms. The third-order valence-electron chi connectivity index (χ3n) is 3.89. The molecule has 0 radical (unpaired) electrons. The molecule has 1 saturated carbocycles. The predicted octanol–water partition coefficient (Wildman–Crippen LogP) is 2.13. The molecule has 1 aromatic carbocycles. The summed E-state index contributed by atoms with van der Waals surface area (Å²) in [7, 11) is 0. The molecule has 1 aliphatic rings. The van der Waals surface area contributed by atoms with E-state index >= 15 is 0 Å². The Bertz CT molecular complexity index is 542. The second-order valence-electron chi connectivity index (χ2n) is 5.38. The molecule has 0 unspecified atom stereocenters. The summed E-state index contributed by atoms with van der Waals surface area (Å²) >= 11 is 0. The Balaban J connectivity index is 2.12. The Morgan fingerprint density at radius 1 is 1.19 bits per heavy atom. The molecule has 4 nitrogen and oxygen atoms in total. The second-order valence-corrected chi connectivity index (χ2v) is 5.38. The highest BCUT2D eigenvalue weighted by atomic mass is 19.1. The van der Waals surface area contributed by atoms with Gasteiger partial charge in [-0.15, -0.1) is 0 Å². The van der Waals surface area contributed by atoms with Crippen LogP contribution >= 0.6 is 0 Å². The summed E-state index contributed by atoms with van der Waals surface area (Å²) in [6.07, 6.45) is 4.67. The van der Waals surface area contributed by atoms with E-state index in [-0.39, 0.29) is 11.5 Å². The normalized spacial score (nSPS) is 17.2. The maximum absolute atomic E-state index is 13.6. The summed E-state index contributed by atoms with van der Waals surface area (Å²) in [6.45, 7) is 0. The van der Waals surface area contributed by atoms with Gasteiger partial charge in [-0.2, -0.15) is 0 Å². The van der Waals surface area contributed by atoms with Gasteiger partial charge in [-0.3, -0.25) is 9.59 Å². The zero-order valence-electron chi connectivity index (χ0n) is 11.6. The standard InChI is InChI=1S/C15H18F2N2O2/c16-10-6-7-11(12(17)8-10)15(21)19-13(14(18)20)9-4-2-1-3-5-9/h6-9,13H,1-5H2,(H2,18,20)(H,19,21)/t13-/m1/s1. The third-order valence-corrected chi connectivity index (χ3v) is 3.89.